The molecule has 3 rings (SSSR count). The van der Waals surface area contributed by atoms with E-state index in [1.54, 1.807) is 74.8 Å². The number of benzene rings is 2. The minimum atomic E-state index is -0.393. The van der Waals surface area contributed by atoms with E-state index in [1.165, 1.54) is 17.2 Å². The number of amides is 3. The van der Waals surface area contributed by atoms with Crippen LogP contribution in [0.15, 0.2) is 83.1 Å². The Morgan fingerprint density at radius 2 is 1.58 bits per heavy atom. The van der Waals surface area contributed by atoms with Crippen LogP contribution in [-0.2, 0) is 11.3 Å². The van der Waals surface area contributed by atoms with Crippen molar-refractivity contribution in [2.75, 3.05) is 14.1 Å². The van der Waals surface area contributed by atoms with E-state index in [9.17, 15) is 14.4 Å². The minimum Gasteiger partial charge on any atom is -0.465 e. The van der Waals surface area contributed by atoms with Gasteiger partial charge in [0.1, 0.15) is 11.5 Å². The van der Waals surface area contributed by atoms with Gasteiger partial charge in [0.05, 0.1) is 6.26 Å². The van der Waals surface area contributed by atoms with Crippen LogP contribution in [0.25, 0.3) is 6.08 Å². The molecule has 0 bridgehead atoms. The minimum absolute atomic E-state index is 0.0910. The van der Waals surface area contributed by atoms with E-state index in [0.717, 1.165) is 5.56 Å². The summed E-state index contributed by atoms with van der Waals surface area (Å²) in [6, 6.07) is 19.0. The van der Waals surface area contributed by atoms with Crippen LogP contribution >= 0.6 is 0 Å². The number of furan rings is 1. The lowest BCUT2D eigenvalue weighted by atomic mass is 10.1. The summed E-state index contributed by atoms with van der Waals surface area (Å²) >= 11 is 0. The summed E-state index contributed by atoms with van der Waals surface area (Å²) in [6.45, 7) is 0.295. The maximum Gasteiger partial charge on any atom is 0.270 e. The van der Waals surface area contributed by atoms with E-state index in [0.29, 0.717) is 23.4 Å². The Bertz CT molecular complexity index is 1070. The molecule has 0 atom stereocenters. The summed E-state index contributed by atoms with van der Waals surface area (Å²) in [6.07, 6.45) is 2.99. The first kappa shape index (κ1) is 21.6. The van der Waals surface area contributed by atoms with Gasteiger partial charge in [-0.2, -0.15) is 0 Å². The predicted octanol–water partition coefficient (Wildman–Crippen LogP) is 3.07. The van der Waals surface area contributed by atoms with Crippen LogP contribution in [0.3, 0.4) is 0 Å². The third-order valence-corrected chi connectivity index (χ3v) is 4.55. The van der Waals surface area contributed by atoms with Crippen molar-refractivity contribution in [1.29, 1.82) is 0 Å². The fraction of sp³-hybridized carbons (Fsp3) is 0.125. The molecule has 0 aliphatic rings. The van der Waals surface area contributed by atoms with Crippen LogP contribution in [0.1, 0.15) is 32.0 Å². The quantitative estimate of drug-likeness (QED) is 0.578. The van der Waals surface area contributed by atoms with Crippen molar-refractivity contribution >= 4 is 23.8 Å². The van der Waals surface area contributed by atoms with Crippen LogP contribution in [0.4, 0.5) is 0 Å². The normalized spacial score (nSPS) is 11.0. The smallest absolute Gasteiger partial charge is 0.270 e. The third-order valence-electron chi connectivity index (χ3n) is 4.55. The first-order valence-corrected chi connectivity index (χ1v) is 9.66. The number of nitrogens with zero attached hydrogens (tertiary/aromatic N) is 1. The molecule has 7 heteroatoms. The zero-order valence-corrected chi connectivity index (χ0v) is 17.3. The van der Waals surface area contributed by atoms with E-state index in [-0.39, 0.29) is 17.5 Å². The SMILES string of the molecule is CNC(=O)c1ccc(CN(C)C(=O)C(=Cc2ccco2)NC(=O)c2ccccc2)cc1. The van der Waals surface area contributed by atoms with Crippen molar-refractivity contribution in [3.05, 3.63) is 101 Å². The van der Waals surface area contributed by atoms with Crippen LogP contribution in [0, 0.1) is 0 Å². The standard InChI is InChI=1S/C24H23N3O4/c1-25-22(28)19-12-10-17(11-13-19)16-27(2)24(30)21(15-20-9-6-14-31-20)26-23(29)18-7-4-3-5-8-18/h3-15H,16H2,1-2H3,(H,25,28)(H,26,29). The van der Waals surface area contributed by atoms with Gasteiger partial charge in [0.25, 0.3) is 17.7 Å². The van der Waals surface area contributed by atoms with Gasteiger partial charge in [0.2, 0.25) is 0 Å². The van der Waals surface area contributed by atoms with Crippen LogP contribution < -0.4 is 10.6 Å². The van der Waals surface area contributed by atoms with Gasteiger partial charge in [-0.3, -0.25) is 14.4 Å². The lowest BCUT2D eigenvalue weighted by Gasteiger charge is -2.20. The zero-order valence-electron chi connectivity index (χ0n) is 17.3. The number of hydrogen-bond acceptors (Lipinski definition) is 4. The van der Waals surface area contributed by atoms with Crippen LogP contribution in [-0.4, -0.2) is 36.7 Å². The van der Waals surface area contributed by atoms with E-state index in [4.69, 9.17) is 4.42 Å². The van der Waals surface area contributed by atoms with Crippen LogP contribution in [0.2, 0.25) is 0 Å². The van der Waals surface area contributed by atoms with Crippen molar-refractivity contribution in [3.63, 3.8) is 0 Å². The summed E-state index contributed by atoms with van der Waals surface area (Å²) in [5, 5.41) is 5.25. The second kappa shape index (κ2) is 10.1. The van der Waals surface area contributed by atoms with Crippen molar-refractivity contribution in [3.8, 4) is 0 Å². The molecule has 3 amide bonds. The molecule has 2 aromatic carbocycles. The van der Waals surface area contributed by atoms with Gasteiger partial charge in [-0.25, -0.2) is 0 Å². The molecule has 0 saturated carbocycles. The summed E-state index contributed by atoms with van der Waals surface area (Å²) in [7, 11) is 3.21. The molecular weight excluding hydrogens is 394 g/mol. The van der Waals surface area contributed by atoms with Crippen molar-refractivity contribution in [2.45, 2.75) is 6.54 Å². The topological polar surface area (TPSA) is 91.7 Å². The second-order valence-corrected chi connectivity index (χ2v) is 6.83. The summed E-state index contributed by atoms with van der Waals surface area (Å²) in [4.78, 5) is 38.9. The maximum atomic E-state index is 13.1. The van der Waals surface area contributed by atoms with Gasteiger partial charge < -0.3 is 20.0 Å². The first-order valence-electron chi connectivity index (χ1n) is 9.66. The van der Waals surface area contributed by atoms with Gasteiger partial charge in [-0.15, -0.1) is 0 Å². The van der Waals surface area contributed by atoms with Gasteiger partial charge >= 0.3 is 0 Å². The molecule has 0 spiro atoms. The fourth-order valence-electron chi connectivity index (χ4n) is 2.91. The van der Waals surface area contributed by atoms with Crippen LogP contribution in [0.5, 0.6) is 0 Å². The summed E-state index contributed by atoms with van der Waals surface area (Å²) in [5.74, 6) is -0.505. The zero-order chi connectivity index (χ0) is 22.2. The number of rotatable bonds is 7. The molecular formula is C24H23N3O4. The van der Waals surface area contributed by atoms with Crippen molar-refractivity contribution < 1.29 is 18.8 Å². The highest BCUT2D eigenvalue weighted by Crippen LogP contribution is 2.12. The molecule has 1 aromatic heterocycles. The Morgan fingerprint density at radius 1 is 0.903 bits per heavy atom. The fourth-order valence-corrected chi connectivity index (χ4v) is 2.91. The molecule has 0 radical (unpaired) electrons. The molecule has 158 valence electrons. The molecule has 0 saturated heterocycles. The van der Waals surface area contributed by atoms with E-state index in [2.05, 4.69) is 10.6 Å². The van der Waals surface area contributed by atoms with E-state index >= 15 is 0 Å². The highest BCUT2D eigenvalue weighted by Gasteiger charge is 2.19. The summed E-state index contributed by atoms with van der Waals surface area (Å²) in [5.41, 5.74) is 1.91. The van der Waals surface area contributed by atoms with Crippen molar-refractivity contribution in [1.82, 2.24) is 15.5 Å². The van der Waals surface area contributed by atoms with Gasteiger partial charge in [0.15, 0.2) is 0 Å². The first-order chi connectivity index (χ1) is 15.0. The molecule has 0 aliphatic carbocycles. The Balaban J connectivity index is 1.77. The molecule has 0 aliphatic heterocycles. The largest absolute Gasteiger partial charge is 0.465 e. The average molecular weight is 417 g/mol. The van der Waals surface area contributed by atoms with Gasteiger partial charge in [-0.05, 0) is 42.0 Å². The lowest BCUT2D eigenvalue weighted by Crippen LogP contribution is -2.36. The highest BCUT2D eigenvalue weighted by atomic mass is 16.3. The molecule has 0 fully saturated rings. The van der Waals surface area contributed by atoms with Crippen molar-refractivity contribution in [2.24, 2.45) is 0 Å². The molecule has 0 unspecified atom stereocenters. The Kier molecular flexibility index (Phi) is 7.01. The number of nitrogens with one attached hydrogen (secondary N) is 2. The Labute approximate surface area is 180 Å². The second-order valence-electron chi connectivity index (χ2n) is 6.83. The molecule has 3 aromatic rings. The predicted molar refractivity (Wildman–Crippen MR) is 117 cm³/mol. The summed E-state index contributed by atoms with van der Waals surface area (Å²) < 4.78 is 5.31. The monoisotopic (exact) mass is 417 g/mol. The Morgan fingerprint density at radius 3 is 2.19 bits per heavy atom. The molecule has 2 N–H and O–H groups in total. The van der Waals surface area contributed by atoms with Gasteiger partial charge in [0, 0.05) is 37.8 Å². The molecule has 7 nitrogen and oxygen atoms in total. The van der Waals surface area contributed by atoms with Gasteiger partial charge in [-0.1, -0.05) is 30.3 Å². The van der Waals surface area contributed by atoms with E-state index < -0.39 is 5.91 Å². The highest BCUT2D eigenvalue weighted by molar-refractivity contribution is 6.05. The Hall–Kier alpha value is -4.13. The third kappa shape index (κ3) is 5.70. The van der Waals surface area contributed by atoms with E-state index in [1.807, 2.05) is 6.07 Å². The number of likely N-dealkylation sites (N-methyl/N-ethyl adjacent to an activating group) is 1. The number of carbonyl (C=O) groups excluding carboxylic acids is 3. The maximum absolute atomic E-state index is 13.1. The number of hydrogen-bond donors (Lipinski definition) is 2. The average Bonchev–Trinajstić information content (AvgIpc) is 3.31. The molecule has 31 heavy (non-hydrogen) atoms. The molecule has 1 heterocycles. The number of carbonyl (C=O) groups is 3. The lowest BCUT2D eigenvalue weighted by molar-refractivity contribution is -0.126.